The largest absolute Gasteiger partial charge is 0.477 e. The standard InChI is InChI=1S/C26H41N5O3/c1-16(2)15-34-24-21(14-29-31(24)8-5-26(3,4)25(33)28-7-6-27)23(32)30-22-19-10-17-9-18(12-19)13-20(22)11-17/h5,8,14,16-20,22H,6-7,9-13,15,27H2,1-4H3,(H,28,33)(H,30,32). The van der Waals surface area contributed by atoms with Crippen LogP contribution in [0.1, 0.15) is 70.2 Å². The molecule has 2 amide bonds. The van der Waals surface area contributed by atoms with Crippen LogP contribution in [-0.4, -0.2) is 47.3 Å². The molecule has 0 aromatic carbocycles. The molecule has 0 aliphatic heterocycles. The van der Waals surface area contributed by atoms with E-state index in [0.717, 1.165) is 11.8 Å². The quantitative estimate of drug-likeness (QED) is 0.486. The molecule has 0 radical (unpaired) electrons. The van der Waals surface area contributed by atoms with Crippen molar-refractivity contribution < 1.29 is 14.3 Å². The summed E-state index contributed by atoms with van der Waals surface area (Å²) in [5.41, 5.74) is 5.18. The summed E-state index contributed by atoms with van der Waals surface area (Å²) in [6.45, 7) is 9.07. The number of carbonyl (C=O) groups excluding carboxylic acids is 2. The Morgan fingerprint density at radius 1 is 1.21 bits per heavy atom. The van der Waals surface area contributed by atoms with Crippen molar-refractivity contribution in [1.29, 1.82) is 0 Å². The fourth-order valence-electron chi connectivity index (χ4n) is 6.14. The Hall–Kier alpha value is -2.35. The van der Waals surface area contributed by atoms with Crippen LogP contribution in [0.4, 0.5) is 0 Å². The number of nitrogens with one attached hydrogen (secondary N) is 2. The highest BCUT2D eigenvalue weighted by Crippen LogP contribution is 2.53. The Bertz CT molecular complexity index is 892. The van der Waals surface area contributed by atoms with Gasteiger partial charge in [0.1, 0.15) is 5.56 Å². The normalized spacial score (nSPS) is 28.0. The number of nitrogens with two attached hydrogens (primary N) is 1. The second-order valence-electron chi connectivity index (χ2n) is 11.5. The van der Waals surface area contributed by atoms with Crippen molar-refractivity contribution in [2.45, 2.75) is 65.8 Å². The monoisotopic (exact) mass is 471 g/mol. The minimum atomic E-state index is -0.765. The highest BCUT2D eigenvalue weighted by Gasteiger charge is 2.48. The minimum absolute atomic E-state index is 0.115. The minimum Gasteiger partial charge on any atom is -0.477 e. The molecule has 0 atom stereocenters. The number of rotatable bonds is 10. The molecule has 0 spiro atoms. The lowest BCUT2D eigenvalue weighted by atomic mass is 9.54. The molecule has 4 bridgehead atoms. The summed E-state index contributed by atoms with van der Waals surface area (Å²) in [6, 6.07) is 0.252. The Kier molecular flexibility index (Phi) is 7.36. The van der Waals surface area contributed by atoms with Gasteiger partial charge in [0.15, 0.2) is 0 Å². The number of ether oxygens (including phenoxy) is 1. The maximum atomic E-state index is 13.4. The SMILES string of the molecule is CC(C)COc1c(C(=O)NC2C3CC4CC(C3)CC2C4)cnn1C=CC(C)(C)C(=O)NCCN. The van der Waals surface area contributed by atoms with Crippen molar-refractivity contribution in [3.8, 4) is 5.88 Å². The molecule has 0 saturated heterocycles. The van der Waals surface area contributed by atoms with Gasteiger partial charge in [-0.25, -0.2) is 4.68 Å². The molecule has 4 saturated carbocycles. The van der Waals surface area contributed by atoms with Crippen LogP contribution in [0.15, 0.2) is 12.3 Å². The topological polar surface area (TPSA) is 111 Å². The Morgan fingerprint density at radius 3 is 2.44 bits per heavy atom. The summed E-state index contributed by atoms with van der Waals surface area (Å²) in [6.07, 6.45) is 11.4. The highest BCUT2D eigenvalue weighted by molar-refractivity contribution is 5.96. The molecule has 4 aliphatic rings. The smallest absolute Gasteiger partial charge is 0.258 e. The first-order chi connectivity index (χ1) is 16.2. The van der Waals surface area contributed by atoms with E-state index in [4.69, 9.17) is 10.5 Å². The van der Waals surface area contributed by atoms with Gasteiger partial charge in [-0.3, -0.25) is 9.59 Å². The summed E-state index contributed by atoms with van der Waals surface area (Å²) in [4.78, 5) is 25.9. The van der Waals surface area contributed by atoms with Crippen LogP contribution in [0.25, 0.3) is 6.20 Å². The zero-order valence-electron chi connectivity index (χ0n) is 21.0. The molecule has 188 valence electrons. The summed E-state index contributed by atoms with van der Waals surface area (Å²) < 4.78 is 7.62. The van der Waals surface area contributed by atoms with Gasteiger partial charge in [0, 0.05) is 25.3 Å². The van der Waals surface area contributed by atoms with Crippen LogP contribution in [0.5, 0.6) is 5.88 Å². The molecule has 4 aliphatic carbocycles. The molecular formula is C26H41N5O3. The number of amides is 2. The van der Waals surface area contributed by atoms with E-state index in [0.29, 0.717) is 48.9 Å². The molecule has 34 heavy (non-hydrogen) atoms. The van der Waals surface area contributed by atoms with E-state index >= 15 is 0 Å². The van der Waals surface area contributed by atoms with Gasteiger partial charge in [-0.15, -0.1) is 0 Å². The van der Waals surface area contributed by atoms with Gasteiger partial charge in [-0.1, -0.05) is 19.9 Å². The van der Waals surface area contributed by atoms with E-state index in [-0.39, 0.29) is 17.9 Å². The molecule has 8 nitrogen and oxygen atoms in total. The molecule has 4 N–H and O–H groups in total. The van der Waals surface area contributed by atoms with Crippen LogP contribution in [0.3, 0.4) is 0 Å². The van der Waals surface area contributed by atoms with E-state index in [1.165, 1.54) is 32.1 Å². The Balaban J connectivity index is 1.51. The van der Waals surface area contributed by atoms with Crippen molar-refractivity contribution in [3.05, 3.63) is 17.8 Å². The lowest BCUT2D eigenvalue weighted by Crippen LogP contribution is -2.55. The van der Waals surface area contributed by atoms with E-state index < -0.39 is 5.41 Å². The maximum Gasteiger partial charge on any atom is 0.258 e. The van der Waals surface area contributed by atoms with E-state index in [2.05, 4.69) is 29.6 Å². The zero-order valence-corrected chi connectivity index (χ0v) is 21.0. The van der Waals surface area contributed by atoms with E-state index in [1.54, 1.807) is 23.2 Å². The fraction of sp³-hybridized carbons (Fsp3) is 0.731. The average molecular weight is 472 g/mol. The van der Waals surface area contributed by atoms with Crippen LogP contribution in [0.2, 0.25) is 0 Å². The lowest BCUT2D eigenvalue weighted by molar-refractivity contribution is -0.127. The first kappa shape index (κ1) is 24.8. The van der Waals surface area contributed by atoms with Crippen molar-refractivity contribution in [2.24, 2.45) is 40.7 Å². The maximum absolute atomic E-state index is 13.4. The summed E-state index contributed by atoms with van der Waals surface area (Å²) >= 11 is 0. The molecule has 1 heterocycles. The van der Waals surface area contributed by atoms with Gasteiger partial charge in [0.25, 0.3) is 5.91 Å². The Labute approximate surface area is 203 Å². The molecule has 5 rings (SSSR count). The predicted octanol–water partition coefficient (Wildman–Crippen LogP) is 3.04. The third-order valence-corrected chi connectivity index (χ3v) is 7.72. The fourth-order valence-corrected chi connectivity index (χ4v) is 6.14. The first-order valence-electron chi connectivity index (χ1n) is 12.9. The second kappa shape index (κ2) is 10.1. The van der Waals surface area contributed by atoms with Crippen molar-refractivity contribution in [2.75, 3.05) is 19.7 Å². The van der Waals surface area contributed by atoms with Gasteiger partial charge in [0.2, 0.25) is 11.8 Å². The lowest BCUT2D eigenvalue weighted by Gasteiger charge is -2.54. The second-order valence-corrected chi connectivity index (χ2v) is 11.5. The summed E-state index contributed by atoms with van der Waals surface area (Å²) in [5, 5.41) is 10.6. The predicted molar refractivity (Wildman–Crippen MR) is 132 cm³/mol. The number of hydrogen-bond donors (Lipinski definition) is 3. The highest BCUT2D eigenvalue weighted by atomic mass is 16.5. The van der Waals surface area contributed by atoms with Gasteiger partial charge in [-0.2, -0.15) is 5.10 Å². The molecule has 1 aromatic rings. The summed E-state index contributed by atoms with van der Waals surface area (Å²) in [5.74, 6) is 3.40. The molecule has 8 heteroatoms. The van der Waals surface area contributed by atoms with E-state index in [1.807, 2.05) is 13.8 Å². The van der Waals surface area contributed by atoms with Crippen molar-refractivity contribution in [3.63, 3.8) is 0 Å². The average Bonchev–Trinajstić information content (AvgIpc) is 3.19. The number of hydrogen-bond acceptors (Lipinski definition) is 5. The first-order valence-corrected chi connectivity index (χ1v) is 12.9. The van der Waals surface area contributed by atoms with Crippen molar-refractivity contribution >= 4 is 18.0 Å². The van der Waals surface area contributed by atoms with Gasteiger partial charge >= 0.3 is 0 Å². The molecule has 0 unspecified atom stereocenters. The number of aromatic nitrogens is 2. The third kappa shape index (κ3) is 5.32. The van der Waals surface area contributed by atoms with Crippen LogP contribution in [0, 0.1) is 35.0 Å². The van der Waals surface area contributed by atoms with Crippen LogP contribution in [-0.2, 0) is 4.79 Å². The molecule has 4 fully saturated rings. The van der Waals surface area contributed by atoms with Crippen LogP contribution >= 0.6 is 0 Å². The third-order valence-electron chi connectivity index (χ3n) is 7.72. The molecule has 1 aromatic heterocycles. The summed E-state index contributed by atoms with van der Waals surface area (Å²) in [7, 11) is 0. The van der Waals surface area contributed by atoms with Gasteiger partial charge in [0.05, 0.1) is 18.2 Å². The van der Waals surface area contributed by atoms with Gasteiger partial charge in [-0.05, 0) is 75.5 Å². The zero-order chi connectivity index (χ0) is 24.5. The van der Waals surface area contributed by atoms with Gasteiger partial charge < -0.3 is 21.1 Å². The molecular weight excluding hydrogens is 430 g/mol. The Morgan fingerprint density at radius 2 is 1.85 bits per heavy atom. The van der Waals surface area contributed by atoms with Crippen molar-refractivity contribution in [1.82, 2.24) is 20.4 Å². The van der Waals surface area contributed by atoms with Crippen LogP contribution < -0.4 is 21.1 Å². The van der Waals surface area contributed by atoms with E-state index in [9.17, 15) is 9.59 Å². The number of nitrogens with zero attached hydrogens (tertiary/aromatic N) is 2. The number of carbonyl (C=O) groups is 2.